The third-order valence-corrected chi connectivity index (χ3v) is 4.36. The molecule has 2 N–H and O–H groups in total. The van der Waals surface area contributed by atoms with E-state index in [-0.39, 0.29) is 11.8 Å². The van der Waals surface area contributed by atoms with Gasteiger partial charge in [0.1, 0.15) is 0 Å². The number of hydrogen-bond donors (Lipinski definition) is 2. The van der Waals surface area contributed by atoms with E-state index >= 15 is 0 Å². The molecule has 0 saturated heterocycles. The molecule has 2 aliphatic rings. The molecule has 0 aliphatic carbocycles. The number of fused-ring (bicyclic) bond motifs is 2. The Balaban J connectivity index is 1.67. The zero-order valence-electron chi connectivity index (χ0n) is 12.5. The Morgan fingerprint density at radius 3 is 1.42 bits per heavy atom. The van der Waals surface area contributed by atoms with Gasteiger partial charge in [-0.2, -0.15) is 0 Å². The summed E-state index contributed by atoms with van der Waals surface area (Å²) in [5.41, 5.74) is 3.05. The van der Waals surface area contributed by atoms with Crippen molar-refractivity contribution in [3.63, 3.8) is 0 Å². The van der Waals surface area contributed by atoms with E-state index in [4.69, 9.17) is 0 Å². The van der Waals surface area contributed by atoms with Gasteiger partial charge in [-0.15, -0.1) is 0 Å². The Morgan fingerprint density at radius 1 is 0.583 bits per heavy atom. The van der Waals surface area contributed by atoms with Crippen molar-refractivity contribution >= 4 is 23.6 Å². The highest BCUT2D eigenvalue weighted by Gasteiger charge is 2.30. The lowest BCUT2D eigenvalue weighted by Gasteiger charge is -2.08. The van der Waals surface area contributed by atoms with Gasteiger partial charge in [0.05, 0.1) is 22.3 Å². The van der Waals surface area contributed by atoms with Crippen molar-refractivity contribution in [1.82, 2.24) is 10.6 Å². The SMILES string of the molecule is O=C1NC(=O)c2c(CCc3cccc4c3C(=O)NC4=O)cccc21. The van der Waals surface area contributed by atoms with Crippen LogP contribution in [0, 0.1) is 0 Å². The first-order valence-corrected chi connectivity index (χ1v) is 7.51. The standard InChI is InChI=1S/C18H12N2O4/c21-15-11-5-1-3-9(13(11)17(23)19-15)7-8-10-4-2-6-12-14(10)18(24)20-16(12)22/h1-6H,7-8H2,(H,19,21,23)(H,20,22,24). The van der Waals surface area contributed by atoms with Crippen molar-refractivity contribution in [2.75, 3.05) is 0 Å². The molecule has 0 radical (unpaired) electrons. The Bertz CT molecular complexity index is 869. The maximum absolute atomic E-state index is 11.9. The maximum Gasteiger partial charge on any atom is 0.259 e. The zero-order chi connectivity index (χ0) is 16.8. The fourth-order valence-corrected chi connectivity index (χ4v) is 3.27. The molecule has 0 aromatic heterocycles. The summed E-state index contributed by atoms with van der Waals surface area (Å²) in [6.07, 6.45) is 0.976. The number of aryl methyl sites for hydroxylation is 2. The summed E-state index contributed by atoms with van der Waals surface area (Å²) in [6.45, 7) is 0. The third-order valence-electron chi connectivity index (χ3n) is 4.36. The molecular formula is C18H12N2O4. The molecule has 6 nitrogen and oxygen atoms in total. The first-order chi connectivity index (χ1) is 11.6. The van der Waals surface area contributed by atoms with Crippen LogP contribution >= 0.6 is 0 Å². The van der Waals surface area contributed by atoms with Gasteiger partial charge in [0.2, 0.25) is 0 Å². The molecule has 0 spiro atoms. The average molecular weight is 320 g/mol. The average Bonchev–Trinajstić information content (AvgIpc) is 3.03. The van der Waals surface area contributed by atoms with Crippen LogP contribution in [-0.4, -0.2) is 23.6 Å². The maximum atomic E-state index is 11.9. The summed E-state index contributed by atoms with van der Waals surface area (Å²) >= 11 is 0. The number of carbonyl (C=O) groups is 4. The van der Waals surface area contributed by atoms with Crippen LogP contribution < -0.4 is 10.6 Å². The van der Waals surface area contributed by atoms with Gasteiger partial charge in [0.15, 0.2) is 0 Å². The second kappa shape index (κ2) is 5.13. The van der Waals surface area contributed by atoms with Gasteiger partial charge in [-0.05, 0) is 36.1 Å². The molecule has 24 heavy (non-hydrogen) atoms. The molecule has 2 heterocycles. The van der Waals surface area contributed by atoms with Crippen LogP contribution in [0.25, 0.3) is 0 Å². The summed E-state index contributed by atoms with van der Waals surface area (Å²) in [7, 11) is 0. The second-order valence-corrected chi connectivity index (χ2v) is 5.75. The normalized spacial score (nSPS) is 15.2. The number of carbonyl (C=O) groups excluding carboxylic acids is 4. The van der Waals surface area contributed by atoms with Crippen molar-refractivity contribution in [2.24, 2.45) is 0 Å². The smallest absolute Gasteiger partial charge is 0.259 e. The third kappa shape index (κ3) is 2.04. The predicted octanol–water partition coefficient (Wildman–Crippen LogP) is 1.24. The number of nitrogens with one attached hydrogen (secondary N) is 2. The highest BCUT2D eigenvalue weighted by Crippen LogP contribution is 2.24. The molecule has 0 fully saturated rings. The van der Waals surface area contributed by atoms with Crippen molar-refractivity contribution < 1.29 is 19.2 Å². The van der Waals surface area contributed by atoms with Crippen LogP contribution in [0.4, 0.5) is 0 Å². The van der Waals surface area contributed by atoms with Crippen LogP contribution in [0.2, 0.25) is 0 Å². The Kier molecular flexibility index (Phi) is 3.06. The van der Waals surface area contributed by atoms with E-state index in [1.165, 1.54) is 0 Å². The van der Waals surface area contributed by atoms with Crippen molar-refractivity contribution in [3.05, 3.63) is 69.8 Å². The van der Waals surface area contributed by atoms with Gasteiger partial charge in [-0.25, -0.2) is 0 Å². The summed E-state index contributed by atoms with van der Waals surface area (Å²) in [4.78, 5) is 47.3. The van der Waals surface area contributed by atoms with E-state index in [2.05, 4.69) is 10.6 Å². The second-order valence-electron chi connectivity index (χ2n) is 5.75. The summed E-state index contributed by atoms with van der Waals surface area (Å²) in [5.74, 6) is -1.56. The molecule has 2 aliphatic heterocycles. The largest absolute Gasteiger partial charge is 0.288 e. The van der Waals surface area contributed by atoms with E-state index in [9.17, 15) is 19.2 Å². The van der Waals surface area contributed by atoms with Gasteiger partial charge in [-0.1, -0.05) is 24.3 Å². The van der Waals surface area contributed by atoms with E-state index in [0.717, 1.165) is 11.1 Å². The molecular weight excluding hydrogens is 308 g/mol. The van der Waals surface area contributed by atoms with Crippen LogP contribution in [0.5, 0.6) is 0 Å². The fourth-order valence-electron chi connectivity index (χ4n) is 3.27. The monoisotopic (exact) mass is 320 g/mol. The van der Waals surface area contributed by atoms with E-state index in [1.54, 1.807) is 36.4 Å². The summed E-state index contributed by atoms with van der Waals surface area (Å²) in [6, 6.07) is 10.3. The van der Waals surface area contributed by atoms with E-state index in [0.29, 0.717) is 35.1 Å². The minimum atomic E-state index is -0.392. The van der Waals surface area contributed by atoms with E-state index in [1.807, 2.05) is 0 Å². The molecule has 0 atom stereocenters. The van der Waals surface area contributed by atoms with Gasteiger partial charge in [0, 0.05) is 0 Å². The fraction of sp³-hybridized carbons (Fsp3) is 0.111. The lowest BCUT2D eigenvalue weighted by molar-refractivity contribution is 0.0862. The number of hydrogen-bond acceptors (Lipinski definition) is 4. The molecule has 2 aromatic rings. The molecule has 118 valence electrons. The molecule has 0 bridgehead atoms. The number of benzene rings is 2. The quantitative estimate of drug-likeness (QED) is 0.832. The number of amides is 4. The zero-order valence-corrected chi connectivity index (χ0v) is 12.5. The highest BCUT2D eigenvalue weighted by molar-refractivity contribution is 6.22. The van der Waals surface area contributed by atoms with Crippen molar-refractivity contribution in [3.8, 4) is 0 Å². The summed E-state index contributed by atoms with van der Waals surface area (Å²) in [5, 5.41) is 4.58. The van der Waals surface area contributed by atoms with Gasteiger partial charge in [0.25, 0.3) is 23.6 Å². The first-order valence-electron chi connectivity index (χ1n) is 7.51. The molecule has 2 aromatic carbocycles. The van der Waals surface area contributed by atoms with Crippen LogP contribution in [0.1, 0.15) is 52.6 Å². The van der Waals surface area contributed by atoms with E-state index < -0.39 is 11.8 Å². The lowest BCUT2D eigenvalue weighted by atomic mass is 9.94. The minimum absolute atomic E-state index is 0.378. The lowest BCUT2D eigenvalue weighted by Crippen LogP contribution is -2.20. The highest BCUT2D eigenvalue weighted by atomic mass is 16.2. The Morgan fingerprint density at radius 2 is 1.00 bits per heavy atom. The van der Waals surface area contributed by atoms with Gasteiger partial charge in [-0.3, -0.25) is 29.8 Å². The van der Waals surface area contributed by atoms with Crippen LogP contribution in [0.15, 0.2) is 36.4 Å². The van der Waals surface area contributed by atoms with Gasteiger partial charge >= 0.3 is 0 Å². The topological polar surface area (TPSA) is 92.3 Å². The predicted molar refractivity (Wildman–Crippen MR) is 83.9 cm³/mol. The Labute approximate surface area is 136 Å². The van der Waals surface area contributed by atoms with Gasteiger partial charge < -0.3 is 0 Å². The van der Waals surface area contributed by atoms with Crippen molar-refractivity contribution in [2.45, 2.75) is 12.8 Å². The van der Waals surface area contributed by atoms with Crippen LogP contribution in [0.3, 0.4) is 0 Å². The molecule has 0 saturated carbocycles. The molecule has 4 amide bonds. The number of rotatable bonds is 3. The minimum Gasteiger partial charge on any atom is -0.288 e. The Hall–Kier alpha value is -3.28. The molecule has 0 unspecified atom stereocenters. The molecule has 6 heteroatoms. The summed E-state index contributed by atoms with van der Waals surface area (Å²) < 4.78 is 0. The van der Waals surface area contributed by atoms with Crippen LogP contribution in [-0.2, 0) is 12.8 Å². The first kappa shape index (κ1) is 14.3. The van der Waals surface area contributed by atoms with Crippen molar-refractivity contribution in [1.29, 1.82) is 0 Å². The molecule has 4 rings (SSSR count). The number of imide groups is 2.